The van der Waals surface area contributed by atoms with Gasteiger partial charge in [-0.3, -0.25) is 4.79 Å². The first-order valence-electron chi connectivity index (χ1n) is 4.77. The Hall–Kier alpha value is -1.29. The number of rotatable bonds is 3. The zero-order valence-electron chi connectivity index (χ0n) is 7.91. The number of hydrogen-bond acceptors (Lipinski definition) is 2. The molecule has 0 spiro atoms. The zero-order valence-corrected chi connectivity index (χ0v) is 7.91. The summed E-state index contributed by atoms with van der Waals surface area (Å²) in [5.41, 5.74) is -0.240. The van der Waals surface area contributed by atoms with Crippen LogP contribution in [-0.2, 0) is 0 Å². The van der Waals surface area contributed by atoms with Crippen LogP contribution in [0.15, 0.2) is 18.2 Å². The molecule has 0 amide bonds. The highest BCUT2D eigenvalue weighted by Gasteiger charge is 2.35. The minimum Gasteiger partial charge on any atom is -0.385 e. The van der Waals surface area contributed by atoms with Crippen LogP contribution in [0.25, 0.3) is 0 Å². The Morgan fingerprint density at radius 3 is 2.60 bits per heavy atom. The van der Waals surface area contributed by atoms with Crippen LogP contribution in [0.5, 0.6) is 0 Å². The maximum absolute atomic E-state index is 13.2. The average Bonchev–Trinajstić information content (AvgIpc) is 2.99. The first-order valence-corrected chi connectivity index (χ1v) is 4.77. The Bertz CT molecular complexity index is 400. The summed E-state index contributed by atoms with van der Waals surface area (Å²) in [5.74, 6) is -2.36. The summed E-state index contributed by atoms with van der Waals surface area (Å²) in [5, 5.41) is 9.49. The van der Waals surface area contributed by atoms with E-state index in [9.17, 15) is 18.7 Å². The summed E-state index contributed by atoms with van der Waals surface area (Å²) in [4.78, 5) is 11.5. The Labute approximate surface area is 85.5 Å². The largest absolute Gasteiger partial charge is 0.385 e. The molecule has 0 heterocycles. The molecule has 1 aromatic carbocycles. The molecule has 1 atom stereocenters. The summed E-state index contributed by atoms with van der Waals surface area (Å²) < 4.78 is 25.7. The molecular weight excluding hydrogens is 202 g/mol. The highest BCUT2D eigenvalue weighted by Crippen LogP contribution is 2.34. The topological polar surface area (TPSA) is 37.3 Å². The van der Waals surface area contributed by atoms with Gasteiger partial charge in [0.1, 0.15) is 17.7 Å². The SMILES string of the molecule is O=C(c1ccc(F)cc1F)C(O)C1CC1. The minimum atomic E-state index is -1.15. The molecule has 1 N–H and O–H groups in total. The number of carbonyl (C=O) groups is 1. The molecule has 1 aromatic rings. The molecule has 1 aliphatic carbocycles. The maximum Gasteiger partial charge on any atom is 0.194 e. The van der Waals surface area contributed by atoms with Crippen molar-refractivity contribution >= 4 is 5.78 Å². The van der Waals surface area contributed by atoms with Crippen molar-refractivity contribution in [1.29, 1.82) is 0 Å². The quantitative estimate of drug-likeness (QED) is 0.777. The number of aliphatic hydroxyl groups excluding tert-OH is 1. The predicted molar refractivity (Wildman–Crippen MR) is 49.4 cm³/mol. The number of carbonyl (C=O) groups excluding carboxylic acids is 1. The van der Waals surface area contributed by atoms with Gasteiger partial charge in [-0.15, -0.1) is 0 Å². The van der Waals surface area contributed by atoms with Crippen LogP contribution in [0.4, 0.5) is 8.78 Å². The Morgan fingerprint density at radius 1 is 1.40 bits per heavy atom. The molecule has 0 saturated heterocycles. The van der Waals surface area contributed by atoms with Crippen LogP contribution < -0.4 is 0 Å². The molecule has 80 valence electrons. The fourth-order valence-corrected chi connectivity index (χ4v) is 1.47. The van der Waals surface area contributed by atoms with Crippen molar-refractivity contribution < 1.29 is 18.7 Å². The van der Waals surface area contributed by atoms with E-state index in [4.69, 9.17) is 0 Å². The van der Waals surface area contributed by atoms with Crippen molar-refractivity contribution in [2.45, 2.75) is 18.9 Å². The second kappa shape index (κ2) is 3.70. The molecule has 1 fully saturated rings. The van der Waals surface area contributed by atoms with Gasteiger partial charge in [-0.1, -0.05) is 0 Å². The summed E-state index contributed by atoms with van der Waals surface area (Å²) in [7, 11) is 0. The van der Waals surface area contributed by atoms with E-state index in [1.54, 1.807) is 0 Å². The van der Waals surface area contributed by atoms with Crippen molar-refractivity contribution in [3.8, 4) is 0 Å². The standard InChI is InChI=1S/C11H10F2O2/c12-7-3-4-8(9(13)5-7)11(15)10(14)6-1-2-6/h3-6,10,14H,1-2H2. The number of hydrogen-bond donors (Lipinski definition) is 1. The number of Topliss-reactive ketones (excluding diaryl/α,β-unsaturated/α-hetero) is 1. The summed E-state index contributed by atoms with van der Waals surface area (Å²) >= 11 is 0. The first kappa shape index (κ1) is 10.2. The summed E-state index contributed by atoms with van der Waals surface area (Å²) in [6, 6.07) is 2.72. The van der Waals surface area contributed by atoms with Gasteiger partial charge in [0.05, 0.1) is 5.56 Å². The van der Waals surface area contributed by atoms with Crippen molar-refractivity contribution in [1.82, 2.24) is 0 Å². The van der Waals surface area contributed by atoms with E-state index in [0.29, 0.717) is 6.07 Å². The second-order valence-corrected chi connectivity index (χ2v) is 3.77. The Kier molecular flexibility index (Phi) is 2.52. The third kappa shape index (κ3) is 2.04. The van der Waals surface area contributed by atoms with Crippen LogP contribution in [0, 0.1) is 17.6 Å². The lowest BCUT2D eigenvalue weighted by molar-refractivity contribution is 0.0699. The Balaban J connectivity index is 2.24. The minimum absolute atomic E-state index is 0.0537. The average molecular weight is 212 g/mol. The van der Waals surface area contributed by atoms with Crippen molar-refractivity contribution in [3.05, 3.63) is 35.4 Å². The summed E-state index contributed by atoms with van der Waals surface area (Å²) in [6.07, 6.45) is 0.427. The molecular formula is C11H10F2O2. The van der Waals surface area contributed by atoms with Gasteiger partial charge in [-0.25, -0.2) is 8.78 Å². The van der Waals surface area contributed by atoms with Crippen molar-refractivity contribution in [3.63, 3.8) is 0 Å². The van der Waals surface area contributed by atoms with E-state index in [2.05, 4.69) is 0 Å². The molecule has 2 rings (SSSR count). The van der Waals surface area contributed by atoms with Crippen LogP contribution in [0.3, 0.4) is 0 Å². The predicted octanol–water partition coefficient (Wildman–Crippen LogP) is 1.92. The van der Waals surface area contributed by atoms with Crippen molar-refractivity contribution in [2.24, 2.45) is 5.92 Å². The molecule has 1 saturated carbocycles. The van der Waals surface area contributed by atoms with Gasteiger partial charge < -0.3 is 5.11 Å². The van der Waals surface area contributed by atoms with Gasteiger partial charge in [0, 0.05) is 6.07 Å². The fourth-order valence-electron chi connectivity index (χ4n) is 1.47. The maximum atomic E-state index is 13.2. The molecule has 0 aliphatic heterocycles. The third-order valence-electron chi connectivity index (χ3n) is 2.53. The molecule has 15 heavy (non-hydrogen) atoms. The molecule has 4 heteroatoms. The zero-order chi connectivity index (χ0) is 11.0. The van der Waals surface area contributed by atoms with E-state index < -0.39 is 23.5 Å². The first-order chi connectivity index (χ1) is 7.09. The van der Waals surface area contributed by atoms with Gasteiger partial charge in [-0.05, 0) is 30.9 Å². The Morgan fingerprint density at radius 2 is 2.07 bits per heavy atom. The smallest absolute Gasteiger partial charge is 0.194 e. The molecule has 0 bridgehead atoms. The van der Waals surface area contributed by atoms with E-state index >= 15 is 0 Å². The monoisotopic (exact) mass is 212 g/mol. The van der Waals surface area contributed by atoms with E-state index in [1.165, 1.54) is 0 Å². The van der Waals surface area contributed by atoms with Gasteiger partial charge >= 0.3 is 0 Å². The normalized spacial score (nSPS) is 17.5. The third-order valence-corrected chi connectivity index (χ3v) is 2.53. The number of ketones is 1. The van der Waals surface area contributed by atoms with Crippen molar-refractivity contribution in [2.75, 3.05) is 0 Å². The highest BCUT2D eigenvalue weighted by molar-refractivity contribution is 5.99. The van der Waals surface area contributed by atoms with Crippen LogP contribution in [0.1, 0.15) is 23.2 Å². The molecule has 0 aromatic heterocycles. The second-order valence-electron chi connectivity index (χ2n) is 3.77. The van der Waals surface area contributed by atoms with Crippen LogP contribution in [0.2, 0.25) is 0 Å². The van der Waals surface area contributed by atoms with Gasteiger partial charge in [0.15, 0.2) is 5.78 Å². The molecule has 0 radical (unpaired) electrons. The fraction of sp³-hybridized carbons (Fsp3) is 0.364. The molecule has 2 nitrogen and oxygen atoms in total. The lowest BCUT2D eigenvalue weighted by atomic mass is 10.0. The van der Waals surface area contributed by atoms with Crippen LogP contribution >= 0.6 is 0 Å². The highest BCUT2D eigenvalue weighted by atomic mass is 19.1. The number of benzene rings is 1. The van der Waals surface area contributed by atoms with E-state index in [1.807, 2.05) is 0 Å². The van der Waals surface area contributed by atoms with Gasteiger partial charge in [-0.2, -0.15) is 0 Å². The lowest BCUT2D eigenvalue weighted by Crippen LogP contribution is -2.23. The van der Waals surface area contributed by atoms with Crippen LogP contribution in [-0.4, -0.2) is 17.0 Å². The summed E-state index contributed by atoms with van der Waals surface area (Å²) in [6.45, 7) is 0. The van der Waals surface area contributed by atoms with E-state index in [0.717, 1.165) is 25.0 Å². The number of aliphatic hydroxyl groups is 1. The van der Waals surface area contributed by atoms with Gasteiger partial charge in [0.25, 0.3) is 0 Å². The molecule has 1 unspecified atom stereocenters. The molecule has 1 aliphatic rings. The lowest BCUT2D eigenvalue weighted by Gasteiger charge is -2.08. The number of halogens is 2. The van der Waals surface area contributed by atoms with Gasteiger partial charge in [0.2, 0.25) is 0 Å². The van der Waals surface area contributed by atoms with E-state index in [-0.39, 0.29) is 11.5 Å².